The van der Waals surface area contributed by atoms with E-state index < -0.39 is 6.10 Å². The van der Waals surface area contributed by atoms with Crippen molar-refractivity contribution in [3.05, 3.63) is 70.3 Å². The Morgan fingerprint density at radius 2 is 1.76 bits per heavy atom. The van der Waals surface area contributed by atoms with Crippen LogP contribution in [0.25, 0.3) is 0 Å². The van der Waals surface area contributed by atoms with Gasteiger partial charge < -0.3 is 14.9 Å². The van der Waals surface area contributed by atoms with Crippen LogP contribution in [0, 0.1) is 11.3 Å². The quantitative estimate of drug-likeness (QED) is 0.743. The minimum absolute atomic E-state index is 0.0964. The summed E-state index contributed by atoms with van der Waals surface area (Å²) in [6.07, 6.45) is 2.77. The Balaban J connectivity index is 0.00000145. The van der Waals surface area contributed by atoms with Crippen molar-refractivity contribution in [3.8, 4) is 6.07 Å². The molecule has 0 spiro atoms. The highest BCUT2D eigenvalue weighted by Crippen LogP contribution is 2.32. The highest BCUT2D eigenvalue weighted by atomic mass is 16.5. The number of rotatable bonds is 6. The molecule has 4 heteroatoms. The second-order valence-electron chi connectivity index (χ2n) is 7.33. The van der Waals surface area contributed by atoms with Crippen molar-refractivity contribution in [2.45, 2.75) is 71.2 Å². The van der Waals surface area contributed by atoms with Crippen molar-refractivity contribution in [1.29, 1.82) is 5.26 Å². The average molecular weight is 396 g/mol. The van der Waals surface area contributed by atoms with Gasteiger partial charge in [-0.15, -0.1) is 0 Å². The van der Waals surface area contributed by atoms with Crippen molar-refractivity contribution < 1.29 is 14.9 Å². The number of nitriles is 1. The van der Waals surface area contributed by atoms with Crippen LogP contribution < -0.4 is 0 Å². The molecular formula is C25H33NO3. The first kappa shape index (κ1) is 23.1. The SMILES string of the molecule is CC.CCCc1ccc(Cc2cc(C3CC(O)CC(CO)O3)ccc2C#N)cc1. The van der Waals surface area contributed by atoms with E-state index in [2.05, 4.69) is 37.3 Å². The third kappa shape index (κ3) is 6.40. The lowest BCUT2D eigenvalue weighted by molar-refractivity contribution is -0.113. The van der Waals surface area contributed by atoms with Gasteiger partial charge in [-0.05, 0) is 41.2 Å². The van der Waals surface area contributed by atoms with Gasteiger partial charge in [0.15, 0.2) is 0 Å². The monoisotopic (exact) mass is 395 g/mol. The molecule has 2 aromatic rings. The fourth-order valence-electron chi connectivity index (χ4n) is 3.72. The van der Waals surface area contributed by atoms with Crippen LogP contribution in [0.2, 0.25) is 0 Å². The van der Waals surface area contributed by atoms with E-state index in [0.29, 0.717) is 24.8 Å². The zero-order chi connectivity index (χ0) is 21.2. The molecule has 0 amide bonds. The molecule has 1 saturated heterocycles. The van der Waals surface area contributed by atoms with E-state index in [4.69, 9.17) is 4.74 Å². The van der Waals surface area contributed by atoms with Crippen molar-refractivity contribution >= 4 is 0 Å². The summed E-state index contributed by atoms with van der Waals surface area (Å²) in [5.74, 6) is 0. The maximum atomic E-state index is 10.1. The van der Waals surface area contributed by atoms with Crippen molar-refractivity contribution in [2.24, 2.45) is 0 Å². The maximum absolute atomic E-state index is 10.1. The molecule has 1 aliphatic rings. The zero-order valence-electron chi connectivity index (χ0n) is 17.8. The fraction of sp³-hybridized carbons (Fsp3) is 0.480. The van der Waals surface area contributed by atoms with E-state index in [1.807, 2.05) is 32.0 Å². The Kier molecular flexibility index (Phi) is 9.34. The van der Waals surface area contributed by atoms with Crippen molar-refractivity contribution in [1.82, 2.24) is 0 Å². The summed E-state index contributed by atoms with van der Waals surface area (Å²) >= 11 is 0. The molecule has 0 radical (unpaired) electrons. The standard InChI is InChI=1S/C23H27NO3.C2H6/c1-2-3-16-4-6-17(7-5-16)10-20-11-18(8-9-19(20)14-24)23-13-21(26)12-22(15-25)27-23;1-2/h4-9,11,21-23,25-26H,2-3,10,12-13,15H2,1H3;1-2H3. The number of nitrogens with zero attached hydrogens (tertiary/aromatic N) is 1. The van der Waals surface area contributed by atoms with E-state index in [-0.39, 0.29) is 18.8 Å². The molecule has 0 aromatic heterocycles. The maximum Gasteiger partial charge on any atom is 0.0994 e. The molecule has 3 atom stereocenters. The van der Waals surface area contributed by atoms with Crippen LogP contribution in [0.5, 0.6) is 0 Å². The highest BCUT2D eigenvalue weighted by Gasteiger charge is 2.29. The summed E-state index contributed by atoms with van der Waals surface area (Å²) < 4.78 is 5.92. The van der Waals surface area contributed by atoms with E-state index in [1.165, 1.54) is 11.1 Å². The van der Waals surface area contributed by atoms with Crippen LogP contribution in [0.4, 0.5) is 0 Å². The average Bonchev–Trinajstić information content (AvgIpc) is 2.76. The number of ether oxygens (including phenoxy) is 1. The van der Waals surface area contributed by atoms with Crippen LogP contribution in [-0.2, 0) is 17.6 Å². The second kappa shape index (κ2) is 11.7. The molecule has 156 valence electrons. The minimum atomic E-state index is -0.480. The first-order valence-electron chi connectivity index (χ1n) is 10.7. The molecule has 29 heavy (non-hydrogen) atoms. The van der Waals surface area contributed by atoms with Gasteiger partial charge in [0.1, 0.15) is 0 Å². The first-order chi connectivity index (χ1) is 14.1. The fourth-order valence-corrected chi connectivity index (χ4v) is 3.72. The molecule has 1 heterocycles. The lowest BCUT2D eigenvalue weighted by Crippen LogP contribution is -2.33. The lowest BCUT2D eigenvalue weighted by atomic mass is 9.92. The molecule has 3 unspecified atom stereocenters. The van der Waals surface area contributed by atoms with Crippen LogP contribution in [0.3, 0.4) is 0 Å². The molecule has 4 nitrogen and oxygen atoms in total. The molecule has 0 bridgehead atoms. The Bertz CT molecular complexity index is 795. The normalized spacial score (nSPS) is 21.0. The first-order valence-corrected chi connectivity index (χ1v) is 10.7. The smallest absolute Gasteiger partial charge is 0.0994 e. The molecule has 3 rings (SSSR count). The summed E-state index contributed by atoms with van der Waals surface area (Å²) in [6.45, 7) is 6.07. The van der Waals surface area contributed by atoms with Gasteiger partial charge >= 0.3 is 0 Å². The summed E-state index contributed by atoms with van der Waals surface area (Å²) in [7, 11) is 0. The van der Waals surface area contributed by atoms with E-state index in [1.54, 1.807) is 0 Å². The third-order valence-corrected chi connectivity index (χ3v) is 5.16. The van der Waals surface area contributed by atoms with Crippen LogP contribution in [-0.4, -0.2) is 29.0 Å². The molecule has 1 aliphatic heterocycles. The zero-order valence-corrected chi connectivity index (χ0v) is 17.8. The number of benzene rings is 2. The van der Waals surface area contributed by atoms with Gasteiger partial charge in [0, 0.05) is 12.8 Å². The largest absolute Gasteiger partial charge is 0.394 e. The number of hydrogen-bond donors (Lipinski definition) is 2. The van der Waals surface area contributed by atoms with Gasteiger partial charge in [-0.25, -0.2) is 0 Å². The summed E-state index contributed by atoms with van der Waals surface area (Å²) in [5, 5.41) is 28.9. The number of aliphatic hydroxyl groups excluding tert-OH is 2. The second-order valence-corrected chi connectivity index (χ2v) is 7.33. The predicted octanol–water partition coefficient (Wildman–Crippen LogP) is 4.70. The summed E-state index contributed by atoms with van der Waals surface area (Å²) in [5.41, 5.74) is 5.06. The van der Waals surface area contributed by atoms with Gasteiger partial charge in [-0.3, -0.25) is 0 Å². The van der Waals surface area contributed by atoms with Crippen LogP contribution >= 0.6 is 0 Å². The Labute approximate surface area is 174 Å². The summed E-state index contributed by atoms with van der Waals surface area (Å²) in [6, 6.07) is 16.6. The highest BCUT2D eigenvalue weighted by molar-refractivity contribution is 5.44. The molecule has 0 saturated carbocycles. The Morgan fingerprint density at radius 1 is 1.07 bits per heavy atom. The number of aryl methyl sites for hydroxylation is 1. The van der Waals surface area contributed by atoms with Crippen molar-refractivity contribution in [3.63, 3.8) is 0 Å². The van der Waals surface area contributed by atoms with Gasteiger partial charge in [0.05, 0.1) is 36.6 Å². The minimum Gasteiger partial charge on any atom is -0.394 e. The Hall–Kier alpha value is -2.19. The van der Waals surface area contributed by atoms with Gasteiger partial charge in [-0.2, -0.15) is 5.26 Å². The number of hydrogen-bond acceptors (Lipinski definition) is 4. The third-order valence-electron chi connectivity index (χ3n) is 5.16. The number of aliphatic hydroxyl groups is 2. The van der Waals surface area contributed by atoms with Gasteiger partial charge in [0.2, 0.25) is 0 Å². The predicted molar refractivity (Wildman–Crippen MR) is 116 cm³/mol. The van der Waals surface area contributed by atoms with Crippen molar-refractivity contribution in [2.75, 3.05) is 6.61 Å². The van der Waals surface area contributed by atoms with E-state index in [9.17, 15) is 15.5 Å². The van der Waals surface area contributed by atoms with Gasteiger partial charge in [0.25, 0.3) is 0 Å². The Morgan fingerprint density at radius 3 is 2.38 bits per heavy atom. The molecule has 0 aliphatic carbocycles. The molecule has 2 N–H and O–H groups in total. The summed E-state index contributed by atoms with van der Waals surface area (Å²) in [4.78, 5) is 0. The molecular weight excluding hydrogens is 362 g/mol. The van der Waals surface area contributed by atoms with Crippen LogP contribution in [0.1, 0.15) is 74.0 Å². The van der Waals surface area contributed by atoms with Gasteiger partial charge in [-0.1, -0.05) is 63.6 Å². The van der Waals surface area contributed by atoms with E-state index in [0.717, 1.165) is 24.0 Å². The molecule has 2 aromatic carbocycles. The lowest BCUT2D eigenvalue weighted by Gasteiger charge is -2.32. The van der Waals surface area contributed by atoms with Crippen LogP contribution in [0.15, 0.2) is 42.5 Å². The van der Waals surface area contributed by atoms with E-state index >= 15 is 0 Å². The molecule has 1 fully saturated rings. The topological polar surface area (TPSA) is 73.5 Å².